The van der Waals surface area contributed by atoms with Gasteiger partial charge < -0.3 is 10.1 Å². The van der Waals surface area contributed by atoms with Gasteiger partial charge >= 0.3 is 0 Å². The van der Waals surface area contributed by atoms with Gasteiger partial charge in [0.05, 0.1) is 18.0 Å². The fourth-order valence-corrected chi connectivity index (χ4v) is 3.34. The number of anilines is 1. The Labute approximate surface area is 142 Å². The maximum absolute atomic E-state index is 12.1. The van der Waals surface area contributed by atoms with Gasteiger partial charge in [-0.2, -0.15) is 0 Å². The predicted molar refractivity (Wildman–Crippen MR) is 90.6 cm³/mol. The number of nitrogens with one attached hydrogen (secondary N) is 1. The molecular weight excluding hydrogens is 332 g/mol. The van der Waals surface area contributed by atoms with E-state index in [4.69, 9.17) is 4.74 Å². The Morgan fingerprint density at radius 1 is 1.29 bits per heavy atom. The number of hydrogen-bond acceptors (Lipinski definition) is 5. The Morgan fingerprint density at radius 2 is 1.96 bits per heavy atom. The van der Waals surface area contributed by atoms with Crippen LogP contribution in [0.4, 0.5) is 5.69 Å². The lowest BCUT2D eigenvalue weighted by Gasteiger charge is -2.22. The molecule has 0 aromatic heterocycles. The third-order valence-corrected chi connectivity index (χ3v) is 4.94. The summed E-state index contributed by atoms with van der Waals surface area (Å²) >= 11 is 0. The Balaban J connectivity index is 2.05. The molecule has 0 bridgehead atoms. The highest BCUT2D eigenvalue weighted by Crippen LogP contribution is 2.18. The van der Waals surface area contributed by atoms with E-state index in [9.17, 15) is 18.0 Å². The van der Waals surface area contributed by atoms with Crippen LogP contribution < -0.4 is 9.62 Å². The lowest BCUT2D eigenvalue weighted by Crippen LogP contribution is -2.42. The van der Waals surface area contributed by atoms with Crippen molar-refractivity contribution in [2.75, 3.05) is 30.3 Å². The minimum absolute atomic E-state index is 0.00418. The van der Waals surface area contributed by atoms with Gasteiger partial charge in [-0.05, 0) is 44.0 Å². The monoisotopic (exact) mass is 354 g/mol. The number of ketones is 1. The third-order valence-electron chi connectivity index (χ3n) is 3.80. The third kappa shape index (κ3) is 5.04. The van der Waals surface area contributed by atoms with Gasteiger partial charge in [0, 0.05) is 18.7 Å². The number of nitrogens with zero attached hydrogens (tertiary/aromatic N) is 1. The maximum Gasteiger partial charge on any atom is 0.240 e. The van der Waals surface area contributed by atoms with Crippen molar-refractivity contribution in [2.45, 2.75) is 25.9 Å². The van der Waals surface area contributed by atoms with Crippen LogP contribution in [0.1, 0.15) is 30.1 Å². The number of sulfonamides is 1. The summed E-state index contributed by atoms with van der Waals surface area (Å²) in [4.78, 5) is 23.4. The fraction of sp³-hybridized carbons (Fsp3) is 0.500. The number of hydrogen-bond donors (Lipinski definition) is 1. The van der Waals surface area contributed by atoms with Crippen LogP contribution in [-0.2, 0) is 19.6 Å². The number of carbonyl (C=O) groups is 2. The highest BCUT2D eigenvalue weighted by atomic mass is 32.2. The summed E-state index contributed by atoms with van der Waals surface area (Å²) in [6.07, 6.45) is 2.90. The van der Waals surface area contributed by atoms with Crippen molar-refractivity contribution in [3.63, 3.8) is 0 Å². The second-order valence-electron chi connectivity index (χ2n) is 5.81. The normalized spacial score (nSPS) is 17.5. The van der Waals surface area contributed by atoms with Crippen LogP contribution in [0.3, 0.4) is 0 Å². The number of ether oxygens (including phenoxy) is 1. The standard InChI is InChI=1S/C16H22N2O5S/c1-12(19)13-5-7-14(8-6-13)18(24(2,21)22)11-16(20)17-10-15-4-3-9-23-15/h5-8,15H,3-4,9-11H2,1-2H3,(H,17,20). The molecule has 1 N–H and O–H groups in total. The van der Waals surface area contributed by atoms with Crippen molar-refractivity contribution < 1.29 is 22.7 Å². The van der Waals surface area contributed by atoms with Gasteiger partial charge in [0.1, 0.15) is 6.54 Å². The summed E-state index contributed by atoms with van der Waals surface area (Å²) in [6, 6.07) is 6.12. The molecule has 1 atom stereocenters. The first-order valence-corrected chi connectivity index (χ1v) is 9.59. The first-order chi connectivity index (χ1) is 11.3. The van der Waals surface area contributed by atoms with Crippen molar-refractivity contribution in [3.05, 3.63) is 29.8 Å². The maximum atomic E-state index is 12.1. The van der Waals surface area contributed by atoms with Crippen LogP contribution >= 0.6 is 0 Å². The molecule has 24 heavy (non-hydrogen) atoms. The number of amides is 1. The summed E-state index contributed by atoms with van der Waals surface area (Å²) < 4.78 is 30.4. The lowest BCUT2D eigenvalue weighted by atomic mass is 10.1. The SMILES string of the molecule is CC(=O)c1ccc(N(CC(=O)NCC2CCCO2)S(C)(=O)=O)cc1. The average Bonchev–Trinajstić information content (AvgIpc) is 3.03. The summed E-state index contributed by atoms with van der Waals surface area (Å²) in [6.45, 7) is 2.19. The number of carbonyl (C=O) groups excluding carboxylic acids is 2. The molecule has 1 aromatic carbocycles. The molecule has 7 nitrogen and oxygen atoms in total. The Bertz CT molecular complexity index is 694. The highest BCUT2D eigenvalue weighted by molar-refractivity contribution is 7.92. The molecule has 0 spiro atoms. The van der Waals surface area contributed by atoms with Crippen molar-refractivity contribution >= 4 is 27.4 Å². The van der Waals surface area contributed by atoms with E-state index in [0.717, 1.165) is 23.4 Å². The van der Waals surface area contributed by atoms with Crippen LogP contribution in [0, 0.1) is 0 Å². The van der Waals surface area contributed by atoms with Crippen LogP contribution in [0.2, 0.25) is 0 Å². The van der Waals surface area contributed by atoms with Crippen LogP contribution in [-0.4, -0.2) is 52.2 Å². The zero-order chi connectivity index (χ0) is 17.7. The van der Waals surface area contributed by atoms with Crippen molar-refractivity contribution in [2.24, 2.45) is 0 Å². The van der Waals surface area contributed by atoms with Gasteiger partial charge in [0.2, 0.25) is 15.9 Å². The number of Topliss-reactive ketones (excluding diaryl/α,β-unsaturated/α-hetero) is 1. The predicted octanol–water partition coefficient (Wildman–Crippen LogP) is 0.950. The van der Waals surface area contributed by atoms with Gasteiger partial charge in [0.15, 0.2) is 5.78 Å². The van der Waals surface area contributed by atoms with E-state index < -0.39 is 15.9 Å². The molecule has 2 rings (SSSR count). The lowest BCUT2D eigenvalue weighted by molar-refractivity contribution is -0.120. The summed E-state index contributed by atoms with van der Waals surface area (Å²) in [7, 11) is -3.63. The Morgan fingerprint density at radius 3 is 2.46 bits per heavy atom. The molecule has 1 saturated heterocycles. The molecule has 1 heterocycles. The van der Waals surface area contributed by atoms with Gasteiger partial charge in [0.25, 0.3) is 0 Å². The summed E-state index contributed by atoms with van der Waals surface area (Å²) in [5, 5.41) is 2.70. The largest absolute Gasteiger partial charge is 0.376 e. The van der Waals surface area contributed by atoms with E-state index in [0.29, 0.717) is 24.4 Å². The molecule has 1 aliphatic rings. The molecule has 8 heteroatoms. The second-order valence-corrected chi connectivity index (χ2v) is 7.72. The first-order valence-electron chi connectivity index (χ1n) is 7.74. The van der Waals surface area contributed by atoms with Crippen LogP contribution in [0.25, 0.3) is 0 Å². The van der Waals surface area contributed by atoms with Gasteiger partial charge in [-0.1, -0.05) is 0 Å². The molecule has 1 amide bonds. The van der Waals surface area contributed by atoms with Crippen molar-refractivity contribution in [3.8, 4) is 0 Å². The summed E-state index contributed by atoms with van der Waals surface area (Å²) in [5.74, 6) is -0.506. The number of benzene rings is 1. The van der Waals surface area contributed by atoms with Crippen LogP contribution in [0.15, 0.2) is 24.3 Å². The van der Waals surface area contributed by atoms with Crippen molar-refractivity contribution in [1.29, 1.82) is 0 Å². The molecule has 1 aromatic rings. The molecule has 0 radical (unpaired) electrons. The van der Waals surface area contributed by atoms with Crippen LogP contribution in [0.5, 0.6) is 0 Å². The molecule has 1 unspecified atom stereocenters. The topological polar surface area (TPSA) is 92.8 Å². The van der Waals surface area contributed by atoms with E-state index in [2.05, 4.69) is 5.32 Å². The Kier molecular flexibility index (Phi) is 5.95. The smallest absolute Gasteiger partial charge is 0.240 e. The minimum atomic E-state index is -3.63. The quantitative estimate of drug-likeness (QED) is 0.736. The van der Waals surface area contributed by atoms with Gasteiger partial charge in [-0.3, -0.25) is 13.9 Å². The minimum Gasteiger partial charge on any atom is -0.376 e. The molecule has 132 valence electrons. The average molecular weight is 354 g/mol. The molecule has 0 aliphatic carbocycles. The van der Waals surface area contributed by atoms with E-state index in [1.807, 2.05) is 0 Å². The van der Waals surface area contributed by atoms with Gasteiger partial charge in [-0.15, -0.1) is 0 Å². The zero-order valence-electron chi connectivity index (χ0n) is 13.8. The zero-order valence-corrected chi connectivity index (χ0v) is 14.6. The van der Waals surface area contributed by atoms with E-state index in [1.54, 1.807) is 12.1 Å². The Hall–Kier alpha value is -1.93. The number of rotatable bonds is 7. The van der Waals surface area contributed by atoms with Gasteiger partial charge in [-0.25, -0.2) is 8.42 Å². The van der Waals surface area contributed by atoms with Crippen molar-refractivity contribution in [1.82, 2.24) is 5.32 Å². The second kappa shape index (κ2) is 7.76. The molecule has 1 fully saturated rings. The molecule has 1 aliphatic heterocycles. The van der Waals surface area contributed by atoms with E-state index in [1.165, 1.54) is 19.1 Å². The fourth-order valence-electron chi connectivity index (χ4n) is 2.48. The van der Waals surface area contributed by atoms with E-state index >= 15 is 0 Å². The highest BCUT2D eigenvalue weighted by Gasteiger charge is 2.22. The molecule has 0 saturated carbocycles. The first kappa shape index (κ1) is 18.4. The molecular formula is C16H22N2O5S. The van der Waals surface area contributed by atoms with E-state index in [-0.39, 0.29) is 18.4 Å². The summed E-state index contributed by atoms with van der Waals surface area (Å²) in [5.41, 5.74) is 0.824.